The number of nitrogens with zero attached hydrogens (tertiary/aromatic N) is 1. The molecule has 170 valence electrons. The number of aromatic hydroxyl groups is 1. The van der Waals surface area contributed by atoms with Gasteiger partial charge in [0.05, 0.1) is 50.7 Å². The van der Waals surface area contributed by atoms with Crippen LogP contribution in [0.1, 0.15) is 34.6 Å². The average Bonchev–Trinajstić information content (AvgIpc) is 2.76. The second-order valence-corrected chi connectivity index (χ2v) is 6.31. The standard InChI is InChI=1S/C21H27NO9/c1-3-22-16-6-5-14(20(26)31-12-11-29-10-9-28-8-7-23)13-15(16)18(24)17(19(22)25)21(27)30-4-2/h5-6,13,23-24H,3-4,7-12H2,1-2H3. The van der Waals surface area contributed by atoms with Gasteiger partial charge in [-0.05, 0) is 32.0 Å². The highest BCUT2D eigenvalue weighted by molar-refractivity contribution is 6.02. The predicted octanol–water partition coefficient (Wildman–Crippen LogP) is 1.09. The maximum absolute atomic E-state index is 12.6. The van der Waals surface area contributed by atoms with Crippen LogP contribution >= 0.6 is 0 Å². The Labute approximate surface area is 178 Å². The molecule has 0 fully saturated rings. The van der Waals surface area contributed by atoms with Gasteiger partial charge in [-0.1, -0.05) is 0 Å². The molecule has 0 bridgehead atoms. The number of fused-ring (bicyclic) bond motifs is 1. The van der Waals surface area contributed by atoms with Crippen molar-refractivity contribution in [2.24, 2.45) is 0 Å². The Hall–Kier alpha value is -2.95. The number of carbonyl (C=O) groups is 2. The van der Waals surface area contributed by atoms with Crippen molar-refractivity contribution in [1.29, 1.82) is 0 Å². The van der Waals surface area contributed by atoms with Gasteiger partial charge in [0.25, 0.3) is 5.56 Å². The first-order valence-corrected chi connectivity index (χ1v) is 9.96. The number of hydrogen-bond acceptors (Lipinski definition) is 9. The van der Waals surface area contributed by atoms with E-state index in [1.807, 2.05) is 0 Å². The van der Waals surface area contributed by atoms with Gasteiger partial charge in [0.15, 0.2) is 5.56 Å². The number of hydrogen-bond donors (Lipinski definition) is 2. The minimum Gasteiger partial charge on any atom is -0.506 e. The molecule has 1 aromatic heterocycles. The lowest BCUT2D eigenvalue weighted by Crippen LogP contribution is -2.27. The minimum absolute atomic E-state index is 0.00534. The highest BCUT2D eigenvalue weighted by Gasteiger charge is 2.23. The molecule has 1 heterocycles. The summed E-state index contributed by atoms with van der Waals surface area (Å²) in [6.07, 6.45) is 0. The molecule has 10 heteroatoms. The Bertz CT molecular complexity index is 967. The summed E-state index contributed by atoms with van der Waals surface area (Å²) in [4.78, 5) is 37.2. The molecule has 0 aliphatic rings. The number of rotatable bonds is 12. The summed E-state index contributed by atoms with van der Waals surface area (Å²) >= 11 is 0. The average molecular weight is 437 g/mol. The fourth-order valence-electron chi connectivity index (χ4n) is 2.93. The normalized spacial score (nSPS) is 10.9. The topological polar surface area (TPSA) is 134 Å². The highest BCUT2D eigenvalue weighted by Crippen LogP contribution is 2.28. The van der Waals surface area contributed by atoms with E-state index in [1.165, 1.54) is 22.8 Å². The maximum atomic E-state index is 12.6. The van der Waals surface area contributed by atoms with Gasteiger partial charge < -0.3 is 33.7 Å². The summed E-state index contributed by atoms with van der Waals surface area (Å²) < 4.78 is 21.6. The zero-order valence-electron chi connectivity index (χ0n) is 17.6. The summed E-state index contributed by atoms with van der Waals surface area (Å²) in [6, 6.07) is 4.36. The first kappa shape index (κ1) is 24.3. The van der Waals surface area contributed by atoms with Gasteiger partial charge in [-0.25, -0.2) is 9.59 Å². The molecule has 0 aliphatic carbocycles. The van der Waals surface area contributed by atoms with E-state index in [4.69, 9.17) is 24.1 Å². The number of ether oxygens (including phenoxy) is 4. The predicted molar refractivity (Wildman–Crippen MR) is 111 cm³/mol. The number of esters is 2. The van der Waals surface area contributed by atoms with Crippen LogP contribution in [0.3, 0.4) is 0 Å². The highest BCUT2D eigenvalue weighted by atomic mass is 16.6. The monoisotopic (exact) mass is 437 g/mol. The number of aryl methyl sites for hydroxylation is 1. The molecule has 0 amide bonds. The molecule has 0 atom stereocenters. The van der Waals surface area contributed by atoms with Gasteiger partial charge in [0.1, 0.15) is 12.4 Å². The van der Waals surface area contributed by atoms with Crippen LogP contribution in [0.25, 0.3) is 10.9 Å². The summed E-state index contributed by atoms with van der Waals surface area (Å²) in [6.45, 7) is 4.58. The number of benzene rings is 1. The summed E-state index contributed by atoms with van der Waals surface area (Å²) in [5.74, 6) is -2.11. The van der Waals surface area contributed by atoms with Crippen LogP contribution in [0.4, 0.5) is 0 Å². The molecule has 0 saturated heterocycles. The molecule has 0 spiro atoms. The SMILES string of the molecule is CCOC(=O)c1c(O)c2cc(C(=O)OCCOCCOCCO)ccc2n(CC)c1=O. The molecule has 2 N–H and O–H groups in total. The summed E-state index contributed by atoms with van der Waals surface area (Å²) in [7, 11) is 0. The van der Waals surface area contributed by atoms with Gasteiger partial charge in [-0.15, -0.1) is 0 Å². The van der Waals surface area contributed by atoms with E-state index in [1.54, 1.807) is 13.8 Å². The molecular formula is C21H27NO9. The Kier molecular flexibility index (Phi) is 9.44. The second-order valence-electron chi connectivity index (χ2n) is 6.31. The van der Waals surface area contributed by atoms with Gasteiger partial charge >= 0.3 is 11.9 Å². The van der Waals surface area contributed by atoms with Crippen molar-refractivity contribution in [2.75, 3.05) is 46.2 Å². The van der Waals surface area contributed by atoms with Gasteiger partial charge in [-0.3, -0.25) is 4.79 Å². The Morgan fingerprint density at radius 3 is 2.29 bits per heavy atom. The van der Waals surface area contributed by atoms with E-state index in [2.05, 4.69) is 0 Å². The third-order valence-corrected chi connectivity index (χ3v) is 4.34. The molecule has 1 aromatic carbocycles. The molecule has 10 nitrogen and oxygen atoms in total. The summed E-state index contributed by atoms with van der Waals surface area (Å²) in [5.41, 5.74) is -0.620. The number of aliphatic hydroxyl groups excluding tert-OH is 1. The van der Waals surface area contributed by atoms with Gasteiger partial charge in [0.2, 0.25) is 0 Å². The van der Waals surface area contributed by atoms with Crippen molar-refractivity contribution in [3.8, 4) is 5.75 Å². The minimum atomic E-state index is -0.929. The van der Waals surface area contributed by atoms with Gasteiger partial charge in [-0.2, -0.15) is 0 Å². The molecule has 0 aliphatic heterocycles. The molecule has 0 radical (unpaired) electrons. The third kappa shape index (κ3) is 6.03. The van der Waals surface area contributed by atoms with E-state index < -0.39 is 28.8 Å². The Morgan fingerprint density at radius 1 is 0.968 bits per heavy atom. The fraction of sp³-hybridized carbons (Fsp3) is 0.476. The number of carbonyl (C=O) groups excluding carboxylic acids is 2. The number of aromatic nitrogens is 1. The first-order valence-electron chi connectivity index (χ1n) is 9.96. The van der Waals surface area contributed by atoms with Crippen LogP contribution in [-0.2, 0) is 25.5 Å². The van der Waals surface area contributed by atoms with Crippen molar-refractivity contribution in [2.45, 2.75) is 20.4 Å². The molecule has 2 rings (SSSR count). The third-order valence-electron chi connectivity index (χ3n) is 4.34. The Balaban J connectivity index is 2.16. The van der Waals surface area contributed by atoms with Crippen LogP contribution in [0.5, 0.6) is 5.75 Å². The molecule has 0 saturated carbocycles. The molecule has 2 aromatic rings. The number of pyridine rings is 1. The molecule has 0 unspecified atom stereocenters. The fourth-order valence-corrected chi connectivity index (χ4v) is 2.93. The Morgan fingerprint density at radius 2 is 1.65 bits per heavy atom. The van der Waals surface area contributed by atoms with E-state index in [-0.39, 0.29) is 50.5 Å². The largest absolute Gasteiger partial charge is 0.506 e. The maximum Gasteiger partial charge on any atom is 0.347 e. The van der Waals surface area contributed by atoms with Crippen LogP contribution < -0.4 is 5.56 Å². The van der Waals surface area contributed by atoms with E-state index in [0.29, 0.717) is 18.7 Å². The zero-order valence-corrected chi connectivity index (χ0v) is 17.6. The van der Waals surface area contributed by atoms with Crippen molar-refractivity contribution >= 4 is 22.8 Å². The van der Waals surface area contributed by atoms with Crippen molar-refractivity contribution in [3.05, 3.63) is 39.7 Å². The lowest BCUT2D eigenvalue weighted by Gasteiger charge is -2.14. The van der Waals surface area contributed by atoms with E-state index in [0.717, 1.165) is 0 Å². The van der Waals surface area contributed by atoms with Crippen LogP contribution in [-0.4, -0.2) is 73.0 Å². The first-order chi connectivity index (χ1) is 15.0. The van der Waals surface area contributed by atoms with Crippen LogP contribution in [0.2, 0.25) is 0 Å². The van der Waals surface area contributed by atoms with Crippen LogP contribution in [0.15, 0.2) is 23.0 Å². The van der Waals surface area contributed by atoms with Crippen LogP contribution in [0, 0.1) is 0 Å². The van der Waals surface area contributed by atoms with Crippen molar-refractivity contribution in [1.82, 2.24) is 4.57 Å². The molecule has 31 heavy (non-hydrogen) atoms. The zero-order chi connectivity index (χ0) is 22.8. The lowest BCUT2D eigenvalue weighted by atomic mass is 10.1. The summed E-state index contributed by atoms with van der Waals surface area (Å²) in [5, 5.41) is 19.3. The smallest absolute Gasteiger partial charge is 0.347 e. The van der Waals surface area contributed by atoms with E-state index >= 15 is 0 Å². The quantitative estimate of drug-likeness (QED) is 0.370. The lowest BCUT2D eigenvalue weighted by molar-refractivity contribution is 0.00920. The van der Waals surface area contributed by atoms with Gasteiger partial charge in [0, 0.05) is 11.9 Å². The van der Waals surface area contributed by atoms with Crippen molar-refractivity contribution < 1.29 is 38.7 Å². The number of aliphatic hydroxyl groups is 1. The van der Waals surface area contributed by atoms with E-state index in [9.17, 15) is 19.5 Å². The molecular weight excluding hydrogens is 410 g/mol. The van der Waals surface area contributed by atoms with Crippen molar-refractivity contribution in [3.63, 3.8) is 0 Å². The second kappa shape index (κ2) is 12.0.